The van der Waals surface area contributed by atoms with Gasteiger partial charge in [0.15, 0.2) is 0 Å². The molecular weight excluding hydrogens is 254 g/mol. The lowest BCUT2D eigenvalue weighted by molar-refractivity contribution is 0.0688. The quantitative estimate of drug-likeness (QED) is 0.873. The van der Waals surface area contributed by atoms with Crippen molar-refractivity contribution in [3.8, 4) is 0 Å². The Hall–Kier alpha value is -1.43. The van der Waals surface area contributed by atoms with E-state index < -0.39 is 0 Å². The van der Waals surface area contributed by atoms with Crippen LogP contribution in [-0.4, -0.2) is 45.6 Å². The van der Waals surface area contributed by atoms with Gasteiger partial charge in [0, 0.05) is 18.5 Å². The van der Waals surface area contributed by atoms with E-state index in [-0.39, 0.29) is 23.2 Å². The number of nitrogens with zero attached hydrogens (tertiary/aromatic N) is 3. The summed E-state index contributed by atoms with van der Waals surface area (Å²) in [5, 5.41) is 6.93. The first kappa shape index (κ1) is 15.0. The molecule has 0 radical (unpaired) electrons. The monoisotopic (exact) mass is 279 g/mol. The standard InChI is InChI=1S/C14H25N5O/c1-14(2,3)13-16-11(17-18-13)12(20)19(4)10-7-5-6-9(10)8-15/h9-10H,5-8,15H2,1-4H3,(H,16,17,18). The van der Waals surface area contributed by atoms with Gasteiger partial charge in [0.25, 0.3) is 5.91 Å². The van der Waals surface area contributed by atoms with Gasteiger partial charge in [-0.15, -0.1) is 5.10 Å². The van der Waals surface area contributed by atoms with Gasteiger partial charge in [0.05, 0.1) is 0 Å². The number of nitrogens with one attached hydrogen (secondary N) is 1. The molecule has 112 valence electrons. The van der Waals surface area contributed by atoms with E-state index in [4.69, 9.17) is 5.73 Å². The fourth-order valence-corrected chi connectivity index (χ4v) is 2.80. The Morgan fingerprint density at radius 1 is 1.45 bits per heavy atom. The highest BCUT2D eigenvalue weighted by molar-refractivity contribution is 5.90. The first-order valence-corrected chi connectivity index (χ1v) is 7.24. The molecule has 1 amide bonds. The van der Waals surface area contributed by atoms with Crippen molar-refractivity contribution in [2.24, 2.45) is 11.7 Å². The Kier molecular flexibility index (Phi) is 4.13. The number of H-pyrrole nitrogens is 1. The second kappa shape index (κ2) is 5.52. The van der Waals surface area contributed by atoms with Crippen molar-refractivity contribution in [3.05, 3.63) is 11.6 Å². The van der Waals surface area contributed by atoms with Crippen LogP contribution in [-0.2, 0) is 5.41 Å². The van der Waals surface area contributed by atoms with E-state index in [0.717, 1.165) is 25.1 Å². The van der Waals surface area contributed by atoms with Gasteiger partial charge in [-0.1, -0.05) is 27.2 Å². The molecule has 2 atom stereocenters. The molecule has 3 N–H and O–H groups in total. The zero-order valence-corrected chi connectivity index (χ0v) is 12.8. The first-order valence-electron chi connectivity index (χ1n) is 7.24. The van der Waals surface area contributed by atoms with Gasteiger partial charge >= 0.3 is 0 Å². The maximum atomic E-state index is 12.5. The van der Waals surface area contributed by atoms with E-state index in [1.165, 1.54) is 0 Å². The van der Waals surface area contributed by atoms with Gasteiger partial charge in [0.2, 0.25) is 5.82 Å². The molecule has 0 saturated heterocycles. The van der Waals surface area contributed by atoms with Crippen LogP contribution in [0.1, 0.15) is 56.5 Å². The summed E-state index contributed by atoms with van der Waals surface area (Å²) in [5.41, 5.74) is 5.65. The van der Waals surface area contributed by atoms with E-state index in [9.17, 15) is 4.79 Å². The number of aromatic amines is 1. The fourth-order valence-electron chi connectivity index (χ4n) is 2.80. The minimum atomic E-state index is -0.142. The molecule has 0 spiro atoms. The van der Waals surface area contributed by atoms with Gasteiger partial charge in [0.1, 0.15) is 5.82 Å². The molecule has 1 heterocycles. The Balaban J connectivity index is 2.12. The van der Waals surface area contributed by atoms with E-state index in [2.05, 4.69) is 15.2 Å². The van der Waals surface area contributed by atoms with Crippen molar-refractivity contribution in [2.45, 2.75) is 51.5 Å². The zero-order chi connectivity index (χ0) is 14.9. The van der Waals surface area contributed by atoms with Crippen LogP contribution in [0, 0.1) is 5.92 Å². The number of rotatable bonds is 3. The fraction of sp³-hybridized carbons (Fsp3) is 0.786. The molecule has 1 aliphatic rings. The Bertz CT molecular complexity index is 476. The average Bonchev–Trinajstić information content (AvgIpc) is 3.04. The molecule has 2 unspecified atom stereocenters. The molecule has 1 aromatic rings. The third kappa shape index (κ3) is 2.85. The van der Waals surface area contributed by atoms with Gasteiger partial charge < -0.3 is 10.6 Å². The summed E-state index contributed by atoms with van der Waals surface area (Å²) in [6, 6.07) is 0.212. The topological polar surface area (TPSA) is 87.9 Å². The van der Waals surface area contributed by atoms with Crippen LogP contribution in [0.5, 0.6) is 0 Å². The molecule has 2 rings (SSSR count). The molecule has 0 bridgehead atoms. The summed E-state index contributed by atoms with van der Waals surface area (Å²) in [4.78, 5) is 18.6. The van der Waals surface area contributed by atoms with Gasteiger partial charge in [-0.2, -0.15) is 0 Å². The number of hydrogen-bond donors (Lipinski definition) is 2. The van der Waals surface area contributed by atoms with Crippen molar-refractivity contribution in [2.75, 3.05) is 13.6 Å². The number of hydrogen-bond acceptors (Lipinski definition) is 4. The van der Waals surface area contributed by atoms with E-state index in [0.29, 0.717) is 12.5 Å². The molecule has 6 nitrogen and oxygen atoms in total. The highest BCUT2D eigenvalue weighted by Crippen LogP contribution is 2.29. The number of amides is 1. The number of nitrogens with two attached hydrogens (primary N) is 1. The Morgan fingerprint density at radius 3 is 2.70 bits per heavy atom. The molecule has 0 aliphatic heterocycles. The molecular formula is C14H25N5O. The lowest BCUT2D eigenvalue weighted by Crippen LogP contribution is -2.42. The maximum absolute atomic E-state index is 12.5. The SMILES string of the molecule is CN(C(=O)c1n[nH]c(C(C)(C)C)n1)C1CCCC1CN. The molecule has 1 aliphatic carbocycles. The maximum Gasteiger partial charge on any atom is 0.293 e. The normalized spacial score (nSPS) is 23.1. The summed E-state index contributed by atoms with van der Waals surface area (Å²) in [6.45, 7) is 6.73. The average molecular weight is 279 g/mol. The van der Waals surface area contributed by atoms with E-state index >= 15 is 0 Å². The highest BCUT2D eigenvalue weighted by Gasteiger charge is 2.33. The van der Waals surface area contributed by atoms with Gasteiger partial charge in [-0.05, 0) is 25.3 Å². The van der Waals surface area contributed by atoms with Crippen molar-refractivity contribution in [3.63, 3.8) is 0 Å². The molecule has 1 saturated carbocycles. The number of carbonyl (C=O) groups excluding carboxylic acids is 1. The van der Waals surface area contributed by atoms with E-state index in [1.807, 2.05) is 27.8 Å². The molecule has 1 fully saturated rings. The van der Waals surface area contributed by atoms with Crippen LogP contribution in [0.15, 0.2) is 0 Å². The van der Waals surface area contributed by atoms with E-state index in [1.54, 1.807) is 4.90 Å². The summed E-state index contributed by atoms with van der Waals surface area (Å²) < 4.78 is 0. The van der Waals surface area contributed by atoms with Gasteiger partial charge in [-0.3, -0.25) is 9.89 Å². The second-order valence-corrected chi connectivity index (χ2v) is 6.67. The van der Waals surface area contributed by atoms with Crippen LogP contribution < -0.4 is 5.73 Å². The summed E-state index contributed by atoms with van der Waals surface area (Å²) in [5.74, 6) is 1.25. The Labute approximate surface area is 120 Å². The zero-order valence-electron chi connectivity index (χ0n) is 12.8. The molecule has 1 aromatic heterocycles. The van der Waals surface area contributed by atoms with Crippen LogP contribution in [0.3, 0.4) is 0 Å². The summed E-state index contributed by atoms with van der Waals surface area (Å²) in [7, 11) is 1.83. The van der Waals surface area contributed by atoms with Crippen molar-refractivity contribution < 1.29 is 4.79 Å². The van der Waals surface area contributed by atoms with Crippen LogP contribution in [0.4, 0.5) is 0 Å². The third-order valence-electron chi connectivity index (χ3n) is 4.13. The van der Waals surface area contributed by atoms with Crippen molar-refractivity contribution in [1.29, 1.82) is 0 Å². The van der Waals surface area contributed by atoms with Crippen molar-refractivity contribution >= 4 is 5.91 Å². The number of aromatic nitrogens is 3. The van der Waals surface area contributed by atoms with Crippen LogP contribution in [0.2, 0.25) is 0 Å². The Morgan fingerprint density at radius 2 is 2.15 bits per heavy atom. The van der Waals surface area contributed by atoms with Crippen molar-refractivity contribution in [1.82, 2.24) is 20.1 Å². The summed E-state index contributed by atoms with van der Waals surface area (Å²) >= 11 is 0. The second-order valence-electron chi connectivity index (χ2n) is 6.67. The lowest BCUT2D eigenvalue weighted by Gasteiger charge is -2.28. The third-order valence-corrected chi connectivity index (χ3v) is 4.13. The molecule has 0 aromatic carbocycles. The number of carbonyl (C=O) groups is 1. The first-order chi connectivity index (χ1) is 9.34. The summed E-state index contributed by atoms with van der Waals surface area (Å²) in [6.07, 6.45) is 3.24. The minimum Gasteiger partial charge on any atom is -0.336 e. The molecule has 6 heteroatoms. The van der Waals surface area contributed by atoms with Crippen LogP contribution in [0.25, 0.3) is 0 Å². The predicted octanol–water partition coefficient (Wildman–Crippen LogP) is 1.30. The lowest BCUT2D eigenvalue weighted by atomic mass is 9.96. The highest BCUT2D eigenvalue weighted by atomic mass is 16.2. The van der Waals surface area contributed by atoms with Gasteiger partial charge in [-0.25, -0.2) is 4.98 Å². The minimum absolute atomic E-state index is 0.123. The smallest absolute Gasteiger partial charge is 0.293 e. The molecule has 20 heavy (non-hydrogen) atoms. The predicted molar refractivity (Wildman–Crippen MR) is 77.4 cm³/mol. The van der Waals surface area contributed by atoms with Crippen LogP contribution >= 0.6 is 0 Å². The largest absolute Gasteiger partial charge is 0.336 e.